The molecule has 148 valence electrons. The van der Waals surface area contributed by atoms with Crippen LogP contribution >= 0.6 is 24.4 Å². The van der Waals surface area contributed by atoms with Crippen molar-refractivity contribution in [3.8, 4) is 0 Å². The second-order valence-electron chi connectivity index (χ2n) is 5.82. The zero-order valence-corrected chi connectivity index (χ0v) is 17.5. The van der Waals surface area contributed by atoms with Crippen LogP contribution in [0.3, 0.4) is 0 Å². The first-order valence-corrected chi connectivity index (χ1v) is 10.2. The minimum atomic E-state index is 0.477. The molecule has 0 heterocycles. The predicted octanol–water partition coefficient (Wildman–Crippen LogP) is 2.02. The molecule has 0 aromatic rings. The summed E-state index contributed by atoms with van der Waals surface area (Å²) in [4.78, 5) is 2.26. The average molecular weight is 393 g/mol. The van der Waals surface area contributed by atoms with Crippen LogP contribution in [0.1, 0.15) is 46.0 Å². The van der Waals surface area contributed by atoms with Gasteiger partial charge in [-0.2, -0.15) is 0 Å². The number of nitrogens with zero attached hydrogens (tertiary/aromatic N) is 1. The molecule has 0 amide bonds. The molecule has 25 heavy (non-hydrogen) atoms. The highest BCUT2D eigenvalue weighted by atomic mass is 32.1. The lowest BCUT2D eigenvalue weighted by Gasteiger charge is -2.22. The van der Waals surface area contributed by atoms with Crippen LogP contribution in [0.25, 0.3) is 0 Å². The molecule has 4 N–H and O–H groups in total. The molecule has 6 nitrogen and oxygen atoms in total. The molecule has 0 saturated heterocycles. The number of thiocarbonyl (C=S) groups is 2. The molecule has 0 aliphatic carbocycles. The van der Waals surface area contributed by atoms with E-state index in [1.54, 1.807) is 0 Å². The van der Waals surface area contributed by atoms with Crippen molar-refractivity contribution in [2.24, 2.45) is 5.73 Å². The molecule has 8 heteroatoms. The number of hydrogen-bond donors (Lipinski definition) is 3. The lowest BCUT2D eigenvalue weighted by molar-refractivity contribution is 0.166. The van der Waals surface area contributed by atoms with Crippen LogP contribution < -0.4 is 16.4 Å². The van der Waals surface area contributed by atoms with E-state index in [1.807, 2.05) is 0 Å². The van der Waals surface area contributed by atoms with Crippen molar-refractivity contribution < 1.29 is 9.47 Å². The quantitative estimate of drug-likeness (QED) is 0.289. The average Bonchev–Trinajstić information content (AvgIpc) is 2.59. The standard InChI is InChI=1S/C17H36N4O2S2/c1-3-5-9-19-16(24)22-14-12-21(11-7-8-18)13-15-23-17(25)20-10-6-4-2/h3-15,18H2,1-2H3,(H,19,24)(H,20,25). The Morgan fingerprint density at radius 2 is 1.32 bits per heavy atom. The smallest absolute Gasteiger partial charge is 0.256 e. The summed E-state index contributed by atoms with van der Waals surface area (Å²) >= 11 is 10.3. The second kappa shape index (κ2) is 18.1. The molecule has 0 aliphatic heterocycles. The van der Waals surface area contributed by atoms with Gasteiger partial charge in [0.15, 0.2) is 0 Å². The Morgan fingerprint density at radius 1 is 0.840 bits per heavy atom. The number of nitrogens with one attached hydrogen (secondary N) is 2. The van der Waals surface area contributed by atoms with Crippen molar-refractivity contribution in [3.05, 3.63) is 0 Å². The fraction of sp³-hybridized carbons (Fsp3) is 0.882. The number of rotatable bonds is 15. The highest BCUT2D eigenvalue weighted by Crippen LogP contribution is 1.94. The maximum atomic E-state index is 5.62. The van der Waals surface area contributed by atoms with E-state index >= 15 is 0 Å². The molecule has 0 unspecified atom stereocenters. The maximum Gasteiger partial charge on any atom is 0.256 e. The Bertz CT molecular complexity index is 319. The van der Waals surface area contributed by atoms with Crippen molar-refractivity contribution in [1.29, 1.82) is 0 Å². The zero-order chi connectivity index (χ0) is 18.8. The van der Waals surface area contributed by atoms with E-state index in [1.165, 1.54) is 0 Å². The number of hydrogen-bond acceptors (Lipinski definition) is 6. The molecule has 0 aromatic carbocycles. The van der Waals surface area contributed by atoms with Crippen LogP contribution in [0, 0.1) is 0 Å². The summed E-state index contributed by atoms with van der Waals surface area (Å²) in [5, 5.41) is 7.16. The Kier molecular flexibility index (Phi) is 17.6. The molecule has 0 saturated carbocycles. The van der Waals surface area contributed by atoms with Crippen LogP contribution in [-0.2, 0) is 9.47 Å². The summed E-state index contributed by atoms with van der Waals surface area (Å²) in [6.07, 6.45) is 5.40. The van der Waals surface area contributed by atoms with E-state index in [9.17, 15) is 0 Å². The minimum absolute atomic E-state index is 0.477. The Morgan fingerprint density at radius 3 is 1.72 bits per heavy atom. The van der Waals surface area contributed by atoms with Gasteiger partial charge in [-0.1, -0.05) is 26.7 Å². The van der Waals surface area contributed by atoms with Gasteiger partial charge in [0.2, 0.25) is 0 Å². The van der Waals surface area contributed by atoms with E-state index in [4.69, 9.17) is 39.6 Å². The monoisotopic (exact) mass is 392 g/mol. The molecule has 0 fully saturated rings. The van der Waals surface area contributed by atoms with Crippen molar-refractivity contribution in [2.75, 3.05) is 52.5 Å². The summed E-state index contributed by atoms with van der Waals surface area (Å²) in [5.41, 5.74) is 5.62. The molecule has 0 bridgehead atoms. The second-order valence-corrected chi connectivity index (χ2v) is 6.56. The predicted molar refractivity (Wildman–Crippen MR) is 113 cm³/mol. The van der Waals surface area contributed by atoms with Gasteiger partial charge in [-0.05, 0) is 56.8 Å². The van der Waals surface area contributed by atoms with Crippen LogP contribution in [-0.4, -0.2) is 67.7 Å². The van der Waals surface area contributed by atoms with Crippen molar-refractivity contribution in [2.45, 2.75) is 46.0 Å². The number of unbranched alkanes of at least 4 members (excludes halogenated alkanes) is 2. The molecule has 0 atom stereocenters. The lowest BCUT2D eigenvalue weighted by atomic mass is 10.3. The number of nitrogens with two attached hydrogens (primary N) is 1. The number of ether oxygens (including phenoxy) is 2. The molecule has 0 rings (SSSR count). The fourth-order valence-electron chi connectivity index (χ4n) is 2.02. The molecule has 0 radical (unpaired) electrons. The van der Waals surface area contributed by atoms with Gasteiger partial charge in [-0.25, -0.2) is 0 Å². The summed E-state index contributed by atoms with van der Waals surface area (Å²) in [7, 11) is 0. The summed E-state index contributed by atoms with van der Waals surface area (Å²) in [6, 6.07) is 0. The van der Waals surface area contributed by atoms with Crippen molar-refractivity contribution in [3.63, 3.8) is 0 Å². The molecule has 0 aliphatic rings. The largest absolute Gasteiger partial charge is 0.470 e. The van der Waals surface area contributed by atoms with Crippen molar-refractivity contribution in [1.82, 2.24) is 15.5 Å². The van der Waals surface area contributed by atoms with E-state index in [2.05, 4.69) is 29.4 Å². The Balaban J connectivity index is 3.91. The van der Waals surface area contributed by atoms with Crippen LogP contribution in [0.4, 0.5) is 0 Å². The van der Waals surface area contributed by atoms with E-state index in [-0.39, 0.29) is 0 Å². The van der Waals surface area contributed by atoms with Gasteiger partial charge in [0, 0.05) is 26.2 Å². The first kappa shape index (κ1) is 24.3. The van der Waals surface area contributed by atoms with E-state index < -0.39 is 0 Å². The minimum Gasteiger partial charge on any atom is -0.470 e. The van der Waals surface area contributed by atoms with Crippen LogP contribution in [0.15, 0.2) is 0 Å². The Labute approximate surface area is 164 Å². The lowest BCUT2D eigenvalue weighted by Crippen LogP contribution is -2.36. The third-order valence-electron chi connectivity index (χ3n) is 3.56. The molecular formula is C17H36N4O2S2. The first-order valence-electron chi connectivity index (χ1n) is 9.37. The topological polar surface area (TPSA) is 71.8 Å². The molecule has 0 spiro atoms. The highest BCUT2D eigenvalue weighted by Gasteiger charge is 2.07. The highest BCUT2D eigenvalue weighted by molar-refractivity contribution is 7.80. The van der Waals surface area contributed by atoms with Gasteiger partial charge >= 0.3 is 0 Å². The van der Waals surface area contributed by atoms with Gasteiger partial charge < -0.3 is 25.8 Å². The third kappa shape index (κ3) is 16.5. The summed E-state index contributed by atoms with van der Waals surface area (Å²) < 4.78 is 11.1. The van der Waals surface area contributed by atoms with Crippen molar-refractivity contribution >= 4 is 34.8 Å². The molecular weight excluding hydrogens is 356 g/mol. The van der Waals surface area contributed by atoms with Gasteiger partial charge in [-0.3, -0.25) is 4.90 Å². The van der Waals surface area contributed by atoms with Gasteiger partial charge in [0.05, 0.1) is 0 Å². The van der Waals surface area contributed by atoms with Gasteiger partial charge in [-0.15, -0.1) is 0 Å². The van der Waals surface area contributed by atoms with Crippen LogP contribution in [0.2, 0.25) is 0 Å². The van der Waals surface area contributed by atoms with E-state index in [0.29, 0.717) is 30.1 Å². The first-order chi connectivity index (χ1) is 12.1. The Hall–Kier alpha value is -0.700. The summed E-state index contributed by atoms with van der Waals surface area (Å²) in [5.74, 6) is 0. The van der Waals surface area contributed by atoms with E-state index in [0.717, 1.165) is 64.8 Å². The normalized spacial score (nSPS) is 10.6. The van der Waals surface area contributed by atoms with Gasteiger partial charge in [0.1, 0.15) is 13.2 Å². The molecule has 0 aromatic heterocycles. The SMILES string of the molecule is CCCCNC(=S)OCCN(CCCN)CCOC(=S)NCCCC. The van der Waals surface area contributed by atoms with Crippen LogP contribution in [0.5, 0.6) is 0 Å². The summed E-state index contributed by atoms with van der Waals surface area (Å²) in [6.45, 7) is 10.3. The maximum absolute atomic E-state index is 5.62. The fourth-order valence-corrected chi connectivity index (χ4v) is 2.39. The zero-order valence-electron chi connectivity index (χ0n) is 15.8. The van der Waals surface area contributed by atoms with Gasteiger partial charge in [0.25, 0.3) is 10.3 Å². The third-order valence-corrected chi connectivity index (χ3v) is 4.08.